The predicted molar refractivity (Wildman–Crippen MR) is 77.9 cm³/mol. The maximum Gasteiger partial charge on any atom is 0.219 e. The molecule has 0 aliphatic carbocycles. The molecule has 0 fully saturated rings. The molecule has 19 heavy (non-hydrogen) atoms. The van der Waals surface area contributed by atoms with E-state index < -0.39 is 0 Å². The van der Waals surface area contributed by atoms with Crippen LogP contribution in [0.3, 0.4) is 0 Å². The average Bonchev–Trinajstić information content (AvgIpc) is 2.41. The summed E-state index contributed by atoms with van der Waals surface area (Å²) in [5.41, 5.74) is 7.31. The maximum absolute atomic E-state index is 5.67. The maximum atomic E-state index is 5.67. The van der Waals surface area contributed by atoms with Gasteiger partial charge in [-0.2, -0.15) is 0 Å². The summed E-state index contributed by atoms with van der Waals surface area (Å²) < 4.78 is 10.9. The first-order valence-corrected chi connectivity index (χ1v) is 6.09. The third-order valence-electron chi connectivity index (χ3n) is 2.55. The van der Waals surface area contributed by atoms with Gasteiger partial charge < -0.3 is 15.2 Å². The van der Waals surface area contributed by atoms with E-state index in [1.807, 2.05) is 25.1 Å². The zero-order chi connectivity index (χ0) is 13.8. The minimum atomic E-state index is 0.312. The number of thiocarbonyl (C=S) groups is 1. The van der Waals surface area contributed by atoms with Crippen LogP contribution in [0.2, 0.25) is 0 Å². The SMILES string of the molecule is COc1cc(C)ccc1Oc1ccc(C(N)=S)cn1. The summed E-state index contributed by atoms with van der Waals surface area (Å²) in [6.07, 6.45) is 1.58. The highest BCUT2D eigenvalue weighted by molar-refractivity contribution is 7.80. The standard InChI is InChI=1S/C14H14N2O2S/c1-9-3-5-11(12(7-9)17-2)18-13-6-4-10(8-16-13)14(15)19/h3-8H,1-2H3,(H2,15,19). The van der Waals surface area contributed by atoms with Gasteiger partial charge in [0.15, 0.2) is 11.5 Å². The molecule has 0 saturated heterocycles. The van der Waals surface area contributed by atoms with Crippen molar-refractivity contribution < 1.29 is 9.47 Å². The molecule has 1 heterocycles. The second-order valence-electron chi connectivity index (χ2n) is 4.01. The van der Waals surface area contributed by atoms with Gasteiger partial charge in [-0.1, -0.05) is 18.3 Å². The number of hydrogen-bond donors (Lipinski definition) is 1. The Morgan fingerprint density at radius 1 is 1.21 bits per heavy atom. The molecule has 0 saturated carbocycles. The lowest BCUT2D eigenvalue weighted by molar-refractivity contribution is 0.374. The third-order valence-corrected chi connectivity index (χ3v) is 2.79. The highest BCUT2D eigenvalue weighted by Crippen LogP contribution is 2.31. The predicted octanol–water partition coefficient (Wildman–Crippen LogP) is 2.83. The lowest BCUT2D eigenvalue weighted by Gasteiger charge is -2.10. The minimum absolute atomic E-state index is 0.312. The number of nitrogens with zero attached hydrogens (tertiary/aromatic N) is 1. The Bertz CT molecular complexity index is 597. The van der Waals surface area contributed by atoms with Gasteiger partial charge in [0, 0.05) is 17.8 Å². The topological polar surface area (TPSA) is 57.4 Å². The van der Waals surface area contributed by atoms with Crippen LogP contribution in [0, 0.1) is 6.92 Å². The van der Waals surface area contributed by atoms with E-state index in [1.165, 1.54) is 0 Å². The summed E-state index contributed by atoms with van der Waals surface area (Å²) in [6, 6.07) is 9.18. The Morgan fingerprint density at radius 3 is 2.58 bits per heavy atom. The largest absolute Gasteiger partial charge is 0.493 e. The zero-order valence-corrected chi connectivity index (χ0v) is 11.5. The van der Waals surface area contributed by atoms with Crippen molar-refractivity contribution >= 4 is 17.2 Å². The zero-order valence-electron chi connectivity index (χ0n) is 10.7. The number of aryl methyl sites for hydroxylation is 1. The number of nitrogens with two attached hydrogens (primary N) is 1. The van der Waals surface area contributed by atoms with Crippen molar-refractivity contribution in [3.8, 4) is 17.4 Å². The van der Waals surface area contributed by atoms with E-state index in [-0.39, 0.29) is 0 Å². The quantitative estimate of drug-likeness (QED) is 0.869. The van der Waals surface area contributed by atoms with Crippen LogP contribution in [0.5, 0.6) is 17.4 Å². The lowest BCUT2D eigenvalue weighted by Crippen LogP contribution is -2.09. The first kappa shape index (κ1) is 13.3. The van der Waals surface area contributed by atoms with Gasteiger partial charge in [-0.25, -0.2) is 4.98 Å². The second kappa shape index (κ2) is 5.67. The summed E-state index contributed by atoms with van der Waals surface area (Å²) in [7, 11) is 1.60. The van der Waals surface area contributed by atoms with Crippen molar-refractivity contribution in [1.82, 2.24) is 4.98 Å². The van der Waals surface area contributed by atoms with E-state index in [0.717, 1.165) is 5.56 Å². The third kappa shape index (κ3) is 3.20. The van der Waals surface area contributed by atoms with Gasteiger partial charge >= 0.3 is 0 Å². The molecule has 0 unspecified atom stereocenters. The van der Waals surface area contributed by atoms with E-state index in [9.17, 15) is 0 Å². The molecule has 2 N–H and O–H groups in total. The van der Waals surface area contributed by atoms with Gasteiger partial charge in [0.05, 0.1) is 7.11 Å². The van der Waals surface area contributed by atoms with Crippen LogP contribution in [0.4, 0.5) is 0 Å². The van der Waals surface area contributed by atoms with Crippen LogP contribution in [0.15, 0.2) is 36.5 Å². The van der Waals surface area contributed by atoms with Gasteiger partial charge in [-0.3, -0.25) is 0 Å². The summed E-state index contributed by atoms with van der Waals surface area (Å²) in [5.74, 6) is 1.74. The first-order chi connectivity index (χ1) is 9.10. The van der Waals surface area contributed by atoms with Crippen LogP contribution in [-0.2, 0) is 0 Å². The Labute approximate surface area is 117 Å². The molecule has 0 spiro atoms. The van der Waals surface area contributed by atoms with Gasteiger partial charge in [0.1, 0.15) is 4.99 Å². The Morgan fingerprint density at radius 2 is 2.00 bits per heavy atom. The van der Waals surface area contributed by atoms with Gasteiger partial charge in [-0.05, 0) is 30.7 Å². The second-order valence-corrected chi connectivity index (χ2v) is 4.45. The average molecular weight is 274 g/mol. The highest BCUT2D eigenvalue weighted by Gasteiger charge is 2.07. The molecule has 0 atom stereocenters. The molecule has 0 amide bonds. The molecule has 5 heteroatoms. The molecule has 0 aliphatic rings. The van der Waals surface area contributed by atoms with Gasteiger partial charge in [0.2, 0.25) is 5.88 Å². The molecule has 0 radical (unpaired) electrons. The molecular weight excluding hydrogens is 260 g/mol. The summed E-state index contributed by atoms with van der Waals surface area (Å²) in [5, 5.41) is 0. The molecule has 2 aromatic rings. The van der Waals surface area contributed by atoms with Crippen LogP contribution in [0.25, 0.3) is 0 Å². The fourth-order valence-electron chi connectivity index (χ4n) is 1.56. The van der Waals surface area contributed by atoms with Crippen molar-refractivity contribution in [3.63, 3.8) is 0 Å². The molecule has 0 aliphatic heterocycles. The van der Waals surface area contributed by atoms with E-state index in [4.69, 9.17) is 27.4 Å². The molecule has 98 valence electrons. The van der Waals surface area contributed by atoms with Crippen LogP contribution < -0.4 is 15.2 Å². The Hall–Kier alpha value is -2.14. The number of methoxy groups -OCH3 is 1. The number of rotatable bonds is 4. The van der Waals surface area contributed by atoms with E-state index >= 15 is 0 Å². The van der Waals surface area contributed by atoms with E-state index in [1.54, 1.807) is 25.4 Å². The molecule has 1 aromatic carbocycles. The van der Waals surface area contributed by atoms with Crippen molar-refractivity contribution in [1.29, 1.82) is 0 Å². The molecule has 1 aromatic heterocycles. The van der Waals surface area contributed by atoms with Crippen molar-refractivity contribution in [3.05, 3.63) is 47.7 Å². The van der Waals surface area contributed by atoms with E-state index in [0.29, 0.717) is 27.9 Å². The normalized spacial score (nSPS) is 10.0. The first-order valence-electron chi connectivity index (χ1n) is 5.68. The van der Waals surface area contributed by atoms with Crippen molar-refractivity contribution in [2.75, 3.05) is 7.11 Å². The Balaban J connectivity index is 2.23. The molecule has 2 rings (SSSR count). The van der Waals surface area contributed by atoms with Gasteiger partial charge in [0.25, 0.3) is 0 Å². The van der Waals surface area contributed by atoms with Gasteiger partial charge in [-0.15, -0.1) is 0 Å². The minimum Gasteiger partial charge on any atom is -0.493 e. The lowest BCUT2D eigenvalue weighted by atomic mass is 10.2. The molecule has 4 nitrogen and oxygen atoms in total. The smallest absolute Gasteiger partial charge is 0.219 e. The number of benzene rings is 1. The number of hydrogen-bond acceptors (Lipinski definition) is 4. The fourth-order valence-corrected chi connectivity index (χ4v) is 1.68. The summed E-state index contributed by atoms with van der Waals surface area (Å²) in [6.45, 7) is 1.99. The van der Waals surface area contributed by atoms with Crippen LogP contribution in [0.1, 0.15) is 11.1 Å². The number of aromatic nitrogens is 1. The molecular formula is C14H14N2O2S. The van der Waals surface area contributed by atoms with E-state index in [2.05, 4.69) is 4.98 Å². The summed E-state index contributed by atoms with van der Waals surface area (Å²) in [4.78, 5) is 4.46. The van der Waals surface area contributed by atoms with Crippen molar-refractivity contribution in [2.45, 2.75) is 6.92 Å². The number of ether oxygens (including phenoxy) is 2. The molecule has 0 bridgehead atoms. The van der Waals surface area contributed by atoms with Crippen LogP contribution in [-0.4, -0.2) is 17.1 Å². The Kier molecular flexibility index (Phi) is 3.97. The number of pyridine rings is 1. The van der Waals surface area contributed by atoms with Crippen molar-refractivity contribution in [2.24, 2.45) is 5.73 Å². The highest BCUT2D eigenvalue weighted by atomic mass is 32.1. The summed E-state index contributed by atoms with van der Waals surface area (Å²) >= 11 is 4.87. The van der Waals surface area contributed by atoms with Crippen LogP contribution >= 0.6 is 12.2 Å². The fraction of sp³-hybridized carbons (Fsp3) is 0.143. The monoisotopic (exact) mass is 274 g/mol.